The van der Waals surface area contributed by atoms with Gasteiger partial charge in [-0.3, -0.25) is 14.4 Å². The lowest BCUT2D eigenvalue weighted by atomic mass is 9.98. The zero-order chi connectivity index (χ0) is 35.8. The summed E-state index contributed by atoms with van der Waals surface area (Å²) in [5.74, 6) is 1.49. The van der Waals surface area contributed by atoms with Gasteiger partial charge in [-0.1, -0.05) is 56.8 Å². The number of ether oxygens (including phenoxy) is 5. The Kier molecular flexibility index (Phi) is 26.8. The van der Waals surface area contributed by atoms with Crippen LogP contribution in [-0.4, -0.2) is 78.9 Å². The van der Waals surface area contributed by atoms with Crippen LogP contribution in [0.15, 0.2) is 92.0 Å². The molecule has 9 heteroatoms. The number of carbonyl (C=O) groups excluding carboxylic acids is 3. The van der Waals surface area contributed by atoms with E-state index in [-0.39, 0.29) is 6.10 Å². The van der Waals surface area contributed by atoms with Gasteiger partial charge in [-0.25, -0.2) is 0 Å². The number of methoxy groups -OCH3 is 3. The van der Waals surface area contributed by atoms with Crippen LogP contribution < -0.4 is 9.47 Å². The molecule has 1 N–H and O–H groups in total. The summed E-state index contributed by atoms with van der Waals surface area (Å²) in [6.07, 6.45) is 9.97. The largest absolute Gasteiger partial charge is 0.497 e. The van der Waals surface area contributed by atoms with E-state index in [1.54, 1.807) is 45.6 Å². The average molecular weight is 662 g/mol. The molecule has 3 aromatic rings. The van der Waals surface area contributed by atoms with Gasteiger partial charge in [0.05, 0.1) is 13.7 Å². The number of unbranched alkanes of at least 4 members (excludes halogenated alkanes) is 1. The molecule has 0 heterocycles. The first-order valence-corrected chi connectivity index (χ1v) is 15.6. The lowest BCUT2D eigenvalue weighted by Crippen LogP contribution is -2.26. The minimum absolute atomic E-state index is 0.113. The van der Waals surface area contributed by atoms with Crippen molar-refractivity contribution in [2.24, 2.45) is 0 Å². The Morgan fingerprint density at radius 2 is 1.40 bits per heavy atom. The Morgan fingerprint density at radius 3 is 1.90 bits per heavy atom. The van der Waals surface area contributed by atoms with Crippen molar-refractivity contribution in [3.8, 4) is 22.6 Å². The summed E-state index contributed by atoms with van der Waals surface area (Å²) >= 11 is 0. The molecule has 0 aromatic heterocycles. The number of hydrogen-bond acceptors (Lipinski definition) is 9. The van der Waals surface area contributed by atoms with E-state index in [0.29, 0.717) is 43.7 Å². The van der Waals surface area contributed by atoms with Gasteiger partial charge in [-0.2, -0.15) is 0 Å². The number of aryl methyl sites for hydroxylation is 1. The highest BCUT2D eigenvalue weighted by Crippen LogP contribution is 2.27. The molecule has 0 amide bonds. The zero-order valence-electron chi connectivity index (χ0n) is 28.7. The van der Waals surface area contributed by atoms with Gasteiger partial charge in [-0.05, 0) is 84.5 Å². The summed E-state index contributed by atoms with van der Waals surface area (Å²) in [6, 6.07) is 21.4. The van der Waals surface area contributed by atoms with E-state index in [1.165, 1.54) is 23.9 Å². The number of allylic oxidation sites excluding steroid dienone is 2. The monoisotopic (exact) mass is 661 g/mol. The van der Waals surface area contributed by atoms with E-state index in [0.717, 1.165) is 61.0 Å². The van der Waals surface area contributed by atoms with Crippen LogP contribution in [0, 0.1) is 5.41 Å². The first kappa shape index (κ1) is 43.3. The smallest absolute Gasteiger partial charge is 0.150 e. The Bertz CT molecular complexity index is 1280. The van der Waals surface area contributed by atoms with Gasteiger partial charge in [0.15, 0.2) is 0 Å². The van der Waals surface area contributed by atoms with Crippen molar-refractivity contribution in [1.29, 1.82) is 5.41 Å². The fraction of sp³-hybridized carbons (Fsp3) is 0.333. The van der Waals surface area contributed by atoms with Gasteiger partial charge >= 0.3 is 0 Å². The molecule has 0 spiro atoms. The number of rotatable bonds is 19. The molecule has 0 bridgehead atoms. The molecule has 1 atom stereocenters. The summed E-state index contributed by atoms with van der Waals surface area (Å²) < 4.78 is 26.6. The van der Waals surface area contributed by atoms with Gasteiger partial charge in [-0.15, -0.1) is 0 Å². The van der Waals surface area contributed by atoms with Crippen molar-refractivity contribution < 1.29 is 38.1 Å². The molecule has 3 aromatic carbocycles. The van der Waals surface area contributed by atoms with Crippen LogP contribution in [0.3, 0.4) is 0 Å². The lowest BCUT2D eigenvalue weighted by Gasteiger charge is -2.16. The molecular weight excluding hydrogens is 610 g/mol. The summed E-state index contributed by atoms with van der Waals surface area (Å²) in [5.41, 5.74) is 5.07. The number of carbonyl (C=O) groups is 3. The second-order valence-electron chi connectivity index (χ2n) is 9.92. The predicted molar refractivity (Wildman–Crippen MR) is 193 cm³/mol. The minimum atomic E-state index is -0.113. The van der Waals surface area contributed by atoms with Crippen LogP contribution in [-0.2, 0) is 30.2 Å². The summed E-state index contributed by atoms with van der Waals surface area (Å²) in [4.78, 5) is 28.7. The van der Waals surface area contributed by atoms with Crippen molar-refractivity contribution >= 4 is 25.1 Å². The number of nitrogens with one attached hydrogen (secondary N) is 1. The molecule has 0 fully saturated rings. The predicted octanol–water partition coefficient (Wildman–Crippen LogP) is 7.39. The molecule has 0 saturated heterocycles. The van der Waals surface area contributed by atoms with Crippen LogP contribution in [0.4, 0.5) is 0 Å². The molecular formula is C39H51NO8. The second-order valence-corrected chi connectivity index (χ2v) is 9.92. The van der Waals surface area contributed by atoms with Gasteiger partial charge in [0.2, 0.25) is 0 Å². The SMILES string of the molecule is C=CC=O.C=CC=O.CCCc1ccc(-c2ccc(OC)cc2C=N)cc1.COCCCCOCC(COc1ccc(C=O)cc1)OC. The van der Waals surface area contributed by atoms with Crippen molar-refractivity contribution in [2.75, 3.05) is 47.8 Å². The highest BCUT2D eigenvalue weighted by Gasteiger charge is 2.09. The van der Waals surface area contributed by atoms with Crippen molar-refractivity contribution in [3.05, 3.63) is 109 Å². The molecule has 3 rings (SSSR count). The number of benzene rings is 3. The van der Waals surface area contributed by atoms with Crippen LogP contribution in [0.1, 0.15) is 47.7 Å². The maximum Gasteiger partial charge on any atom is 0.150 e. The average Bonchev–Trinajstić information content (AvgIpc) is 3.15. The highest BCUT2D eigenvalue weighted by molar-refractivity contribution is 5.89. The second kappa shape index (κ2) is 29.7. The normalized spacial score (nSPS) is 10.2. The third kappa shape index (κ3) is 19.7. The molecule has 0 aliphatic heterocycles. The Balaban J connectivity index is 0.000000754. The van der Waals surface area contributed by atoms with E-state index < -0.39 is 0 Å². The molecule has 260 valence electrons. The number of hydrogen-bond donors (Lipinski definition) is 1. The zero-order valence-corrected chi connectivity index (χ0v) is 28.7. The summed E-state index contributed by atoms with van der Waals surface area (Å²) in [7, 11) is 4.97. The van der Waals surface area contributed by atoms with Gasteiger partial charge in [0, 0.05) is 44.8 Å². The molecule has 0 aliphatic rings. The van der Waals surface area contributed by atoms with E-state index in [4.69, 9.17) is 38.7 Å². The highest BCUT2D eigenvalue weighted by atomic mass is 16.6. The van der Waals surface area contributed by atoms with Crippen molar-refractivity contribution in [3.63, 3.8) is 0 Å². The fourth-order valence-corrected chi connectivity index (χ4v) is 3.87. The first-order valence-electron chi connectivity index (χ1n) is 15.6. The van der Waals surface area contributed by atoms with E-state index in [9.17, 15) is 4.79 Å². The molecule has 0 aliphatic carbocycles. The quantitative estimate of drug-likeness (QED) is 0.0611. The van der Waals surface area contributed by atoms with Gasteiger partial charge in [0.1, 0.15) is 43.1 Å². The topological polar surface area (TPSA) is 121 Å². The van der Waals surface area contributed by atoms with Gasteiger partial charge < -0.3 is 29.1 Å². The summed E-state index contributed by atoms with van der Waals surface area (Å²) in [6.45, 7) is 10.8. The number of aldehydes is 3. The van der Waals surface area contributed by atoms with E-state index >= 15 is 0 Å². The fourth-order valence-electron chi connectivity index (χ4n) is 3.87. The third-order valence-corrected chi connectivity index (χ3v) is 6.39. The summed E-state index contributed by atoms with van der Waals surface area (Å²) in [5, 5.41) is 7.53. The molecule has 0 saturated carbocycles. The van der Waals surface area contributed by atoms with Crippen LogP contribution >= 0.6 is 0 Å². The van der Waals surface area contributed by atoms with E-state index in [1.807, 2.05) is 18.2 Å². The molecule has 9 nitrogen and oxygen atoms in total. The van der Waals surface area contributed by atoms with Gasteiger partial charge in [0.25, 0.3) is 0 Å². The molecule has 48 heavy (non-hydrogen) atoms. The van der Waals surface area contributed by atoms with Crippen LogP contribution in [0.25, 0.3) is 11.1 Å². The van der Waals surface area contributed by atoms with E-state index in [2.05, 4.69) is 44.3 Å². The van der Waals surface area contributed by atoms with Crippen LogP contribution in [0.5, 0.6) is 11.5 Å². The maximum atomic E-state index is 10.6. The lowest BCUT2D eigenvalue weighted by molar-refractivity contribution is -0.104. The van der Waals surface area contributed by atoms with Crippen molar-refractivity contribution in [2.45, 2.75) is 38.7 Å². The van der Waals surface area contributed by atoms with Crippen molar-refractivity contribution in [1.82, 2.24) is 0 Å². The Labute approximate surface area is 286 Å². The first-order chi connectivity index (χ1) is 23.4. The Hall–Kier alpha value is -4.70. The molecule has 0 radical (unpaired) electrons. The molecule has 1 unspecified atom stereocenters. The minimum Gasteiger partial charge on any atom is -0.497 e. The maximum absolute atomic E-state index is 10.6. The van der Waals surface area contributed by atoms with Crippen LogP contribution in [0.2, 0.25) is 0 Å². The third-order valence-electron chi connectivity index (χ3n) is 6.39. The standard InChI is InChI=1S/C17H19NO.C16H24O5.2C3H4O/c1-3-4-13-5-7-14(8-6-13)17-10-9-16(19-2)11-15(17)12-18;1-18-9-3-4-10-20-12-16(19-2)13-21-15-7-5-14(11-17)6-8-15;2*1-2-3-4/h5-12,18H,3-4H2,1-2H3;5-8,11,16H,3-4,9-10,12-13H2,1-2H3;2*2-3H,1H2. The Morgan fingerprint density at radius 1 is 0.792 bits per heavy atom.